The van der Waals surface area contributed by atoms with Crippen LogP contribution >= 0.6 is 0 Å². The third-order valence-corrected chi connectivity index (χ3v) is 11.6. The summed E-state index contributed by atoms with van der Waals surface area (Å²) in [5.41, 5.74) is 0.213. The summed E-state index contributed by atoms with van der Waals surface area (Å²) in [4.78, 5) is 61.8. The average Bonchev–Trinajstić information content (AvgIpc) is 3.78. The van der Waals surface area contributed by atoms with Gasteiger partial charge in [0.25, 0.3) is 11.8 Å². The van der Waals surface area contributed by atoms with Gasteiger partial charge in [-0.1, -0.05) is 36.4 Å². The Morgan fingerprint density at radius 2 is 0.984 bits per heavy atom. The van der Waals surface area contributed by atoms with Crippen LogP contribution in [0.15, 0.2) is 120 Å². The van der Waals surface area contributed by atoms with Crippen molar-refractivity contribution in [2.24, 2.45) is 0 Å². The van der Waals surface area contributed by atoms with Gasteiger partial charge in [0, 0.05) is 0 Å². The molecule has 326 valence electrons. The number of halogens is 6. The second-order valence-electron chi connectivity index (χ2n) is 15.6. The highest BCUT2D eigenvalue weighted by Crippen LogP contribution is 2.42. The topological polar surface area (TPSA) is 157 Å². The molecule has 4 aliphatic heterocycles. The van der Waals surface area contributed by atoms with E-state index < -0.39 is 59.4 Å². The van der Waals surface area contributed by atoms with Crippen LogP contribution in [0.5, 0.6) is 0 Å². The molecule has 19 heteroatoms. The van der Waals surface area contributed by atoms with Gasteiger partial charge in [-0.25, -0.2) is 9.59 Å². The minimum Gasteiger partial charge on any atom is -0.334 e. The van der Waals surface area contributed by atoms with Crippen molar-refractivity contribution in [1.82, 2.24) is 20.4 Å². The fourth-order valence-electron chi connectivity index (χ4n) is 8.32. The van der Waals surface area contributed by atoms with Crippen LogP contribution in [0.2, 0.25) is 0 Å². The molecule has 0 aromatic heterocycles. The van der Waals surface area contributed by atoms with Crippen LogP contribution < -0.4 is 25.3 Å². The van der Waals surface area contributed by atoms with E-state index in [2.05, 4.69) is 10.6 Å². The Morgan fingerprint density at radius 1 is 0.609 bits per heavy atom. The van der Waals surface area contributed by atoms with E-state index in [1.54, 1.807) is 24.3 Å². The van der Waals surface area contributed by atoms with Gasteiger partial charge in [-0.05, 0) is 71.8 Å². The number of carbonyl (C=O) groups is 4. The minimum absolute atomic E-state index is 0.0907. The molecule has 0 saturated carbocycles. The lowest BCUT2D eigenvalue weighted by Crippen LogP contribution is -3.10. The highest BCUT2D eigenvalue weighted by atomic mass is 19.4. The van der Waals surface area contributed by atoms with Crippen molar-refractivity contribution >= 4 is 35.3 Å². The molecule has 3 N–H and O–H groups in total. The normalized spacial score (nSPS) is 18.9. The molecule has 4 aliphatic rings. The van der Waals surface area contributed by atoms with Crippen molar-refractivity contribution < 1.29 is 50.4 Å². The largest absolute Gasteiger partial charge is 0.416 e. The number of nitriles is 2. The van der Waals surface area contributed by atoms with Crippen molar-refractivity contribution in [3.05, 3.63) is 153 Å². The molecule has 0 fully saturated rings. The molecule has 4 aromatic rings. The Hall–Kier alpha value is -7.64. The van der Waals surface area contributed by atoms with E-state index in [1.165, 1.54) is 58.3 Å². The molecule has 13 nitrogen and oxygen atoms in total. The molecule has 4 heterocycles. The van der Waals surface area contributed by atoms with Crippen LogP contribution in [0.3, 0.4) is 0 Å². The third-order valence-electron chi connectivity index (χ3n) is 11.6. The number of anilines is 2. The van der Waals surface area contributed by atoms with Gasteiger partial charge in [0.05, 0.1) is 127 Å². The van der Waals surface area contributed by atoms with Crippen molar-refractivity contribution in [3.8, 4) is 12.1 Å². The van der Waals surface area contributed by atoms with Crippen molar-refractivity contribution in [2.75, 3.05) is 56.1 Å². The van der Waals surface area contributed by atoms with E-state index in [9.17, 15) is 56.0 Å². The van der Waals surface area contributed by atoms with E-state index in [-0.39, 0.29) is 60.1 Å². The number of urea groups is 2. The van der Waals surface area contributed by atoms with Gasteiger partial charge >= 0.3 is 24.4 Å². The Labute approximate surface area is 361 Å². The zero-order valence-corrected chi connectivity index (χ0v) is 33.7. The van der Waals surface area contributed by atoms with Crippen LogP contribution in [0.4, 0.5) is 47.3 Å². The van der Waals surface area contributed by atoms with E-state index in [4.69, 9.17) is 0 Å². The second-order valence-corrected chi connectivity index (χ2v) is 15.6. The van der Waals surface area contributed by atoms with Crippen molar-refractivity contribution in [3.63, 3.8) is 0 Å². The van der Waals surface area contributed by atoms with Gasteiger partial charge in [-0.3, -0.25) is 19.4 Å². The lowest BCUT2D eigenvalue weighted by Gasteiger charge is -2.34. The summed E-state index contributed by atoms with van der Waals surface area (Å²) in [5, 5.41) is 24.2. The summed E-state index contributed by atoms with van der Waals surface area (Å²) in [6.45, 7) is 0.683. The number of rotatable bonds is 10. The Kier molecular flexibility index (Phi) is 11.1. The summed E-state index contributed by atoms with van der Waals surface area (Å²) in [5.74, 6) is -0.914. The van der Waals surface area contributed by atoms with Crippen LogP contribution in [-0.4, -0.2) is 80.0 Å². The maximum Gasteiger partial charge on any atom is 0.416 e. The molecule has 0 aliphatic carbocycles. The maximum atomic E-state index is 14.2. The molecule has 4 aromatic carbocycles. The van der Waals surface area contributed by atoms with Gasteiger partial charge in [0.15, 0.2) is 0 Å². The monoisotopic (exact) mass is 880 g/mol. The lowest BCUT2D eigenvalue weighted by molar-refractivity contribution is -0.878. The molecule has 64 heavy (non-hydrogen) atoms. The number of benzene rings is 4. The molecule has 2 atom stereocenters. The zero-order valence-electron chi connectivity index (χ0n) is 33.7. The molecule has 0 unspecified atom stereocenters. The van der Waals surface area contributed by atoms with Crippen molar-refractivity contribution in [1.29, 1.82) is 10.5 Å². The van der Waals surface area contributed by atoms with E-state index in [1.807, 2.05) is 19.2 Å². The number of hydrogen-bond donors (Lipinski definition) is 3. The molecule has 8 rings (SSSR count). The zero-order chi connectivity index (χ0) is 45.7. The first-order chi connectivity index (χ1) is 30.5. The van der Waals surface area contributed by atoms with Crippen LogP contribution in [0, 0.1) is 22.7 Å². The number of likely N-dealkylation sites (N-methyl/N-ethyl adjacent to an activating group) is 1. The van der Waals surface area contributed by atoms with Gasteiger partial charge < -0.3 is 25.3 Å². The Balaban J connectivity index is 1.00. The van der Waals surface area contributed by atoms with Gasteiger partial charge in [-0.2, -0.15) is 36.9 Å². The summed E-state index contributed by atoms with van der Waals surface area (Å²) in [7, 11) is 1.82. The highest BCUT2D eigenvalue weighted by Gasteiger charge is 2.47. The Bertz CT molecular complexity index is 2540. The van der Waals surface area contributed by atoms with Gasteiger partial charge in [0.1, 0.15) is 0 Å². The third kappa shape index (κ3) is 8.09. The molecule has 0 radical (unpaired) electrons. The van der Waals surface area contributed by atoms with Crippen LogP contribution in [-0.2, 0) is 21.9 Å². The average molecular weight is 881 g/mol. The van der Waals surface area contributed by atoms with Crippen LogP contribution in [0.1, 0.15) is 45.5 Å². The van der Waals surface area contributed by atoms with E-state index >= 15 is 0 Å². The summed E-state index contributed by atoms with van der Waals surface area (Å²) in [6, 6.07) is 21.5. The predicted molar refractivity (Wildman–Crippen MR) is 217 cm³/mol. The van der Waals surface area contributed by atoms with Crippen LogP contribution in [0.25, 0.3) is 0 Å². The molecular formula is C45H36F6N9O4+. The van der Waals surface area contributed by atoms with Crippen molar-refractivity contribution in [2.45, 2.75) is 24.4 Å². The molecule has 0 bridgehead atoms. The first-order valence-corrected chi connectivity index (χ1v) is 19.9. The van der Waals surface area contributed by atoms with Gasteiger partial charge in [-0.15, -0.1) is 0 Å². The summed E-state index contributed by atoms with van der Waals surface area (Å²) in [6.07, 6.45) is -9.40. The number of nitrogens with one attached hydrogen (secondary N) is 3. The lowest BCUT2D eigenvalue weighted by atomic mass is 9.94. The fraction of sp³-hybridized carbons (Fsp3) is 0.244. The molecule has 0 spiro atoms. The Morgan fingerprint density at radius 3 is 1.33 bits per heavy atom. The minimum atomic E-state index is -4.70. The molecule has 0 saturated heterocycles. The quantitative estimate of drug-likeness (QED) is 0.181. The standard InChI is InChI=1S/C45H35F6N9O4/c1-56(16-18-57-24-34-36(40(57)61)38(28-12-8-26(22-52)9-13-28)54-42(63)59(34)32-6-2-4-30(20-32)44(46,47)48)17-19-58-25-35-37(41(58)62)39(29-14-10-27(23-53)11-15-29)55-43(64)60(35)33-7-3-5-31(21-33)45(49,50)51/h2-15,20-21,38-39H,16-19,24-25H2,1H3,(H,54,63)(H,55,64)/p+1/t38-,39-/m1/s1. The highest BCUT2D eigenvalue weighted by molar-refractivity contribution is 6.08. The number of carbonyl (C=O) groups excluding carboxylic acids is 4. The first kappa shape index (κ1) is 43.0. The predicted octanol–water partition coefficient (Wildman–Crippen LogP) is 5.42. The number of quaternary nitrogens is 1. The smallest absolute Gasteiger partial charge is 0.334 e. The summed E-state index contributed by atoms with van der Waals surface area (Å²) >= 11 is 0. The SMILES string of the molecule is C[NH+](CCN1CC2=C(C1=O)[C@@H](c1ccc(C#N)cc1)NC(=O)N2c1cccc(C(F)(F)F)c1)CCN1CC2=C(C1=O)[C@@H](c1ccc(C#N)cc1)NC(=O)N2c1cccc(C(F)(F)F)c1. The maximum absolute atomic E-state index is 14.2. The number of hydrogen-bond acceptors (Lipinski definition) is 6. The number of alkyl halides is 6. The molecule has 6 amide bonds. The number of nitrogens with zero attached hydrogens (tertiary/aromatic N) is 6. The first-order valence-electron chi connectivity index (χ1n) is 19.9. The van der Waals surface area contributed by atoms with E-state index in [0.717, 1.165) is 39.0 Å². The van der Waals surface area contributed by atoms with E-state index in [0.29, 0.717) is 35.3 Å². The summed E-state index contributed by atoms with van der Waals surface area (Å²) < 4.78 is 82.6. The number of amides is 6. The van der Waals surface area contributed by atoms with Gasteiger partial charge in [0.2, 0.25) is 0 Å². The second kappa shape index (κ2) is 16.6. The molecular weight excluding hydrogens is 845 g/mol. The fourth-order valence-corrected chi connectivity index (χ4v) is 8.32.